The Bertz CT molecular complexity index is 30.1. The van der Waals surface area contributed by atoms with E-state index in [1.807, 2.05) is 0 Å². The minimum Gasteiger partial charge on any atom is -1.00 e. The number of hydrogen-bond acceptors (Lipinski definition) is 0. The molecule has 1 saturated heterocycles. The molecule has 46 valence electrons. The molecule has 0 radical (unpaired) electrons. The van der Waals surface area contributed by atoms with Gasteiger partial charge < -0.3 is 30.1 Å². The maximum atomic E-state index is 4.08. The Morgan fingerprint density at radius 1 is 0.889 bits per heavy atom. The topological polar surface area (TPSA) is 14.1 Å². The maximum Gasteiger partial charge on any atom is 2.00 e. The molecule has 0 aromatic rings. The van der Waals surface area contributed by atoms with Crippen LogP contribution in [0.5, 0.6) is 0 Å². The van der Waals surface area contributed by atoms with Crippen LogP contribution in [-0.2, 0) is 0 Å². The zero-order valence-corrected chi connectivity index (χ0v) is 8.66. The van der Waals surface area contributed by atoms with Crippen LogP contribution in [0.4, 0.5) is 0 Å². The van der Waals surface area contributed by atoms with Gasteiger partial charge in [-0.05, 0) is 0 Å². The van der Waals surface area contributed by atoms with Crippen molar-refractivity contribution in [3.8, 4) is 0 Å². The summed E-state index contributed by atoms with van der Waals surface area (Å²) in [5, 5.41) is 4.08. The fourth-order valence-electron chi connectivity index (χ4n) is 0.559. The summed E-state index contributed by atoms with van der Waals surface area (Å²) in [6.45, 7) is 2.25. The summed E-state index contributed by atoms with van der Waals surface area (Å²) < 4.78 is 0. The minimum atomic E-state index is 0. The van der Waals surface area contributed by atoms with Gasteiger partial charge in [-0.15, -0.1) is 13.1 Å². The van der Waals surface area contributed by atoms with E-state index in [9.17, 15) is 0 Å². The molecular formula is C4H8Cl2LiMgN. The molecule has 0 amide bonds. The average molecular weight is 172 g/mol. The van der Waals surface area contributed by atoms with E-state index >= 15 is 0 Å². The van der Waals surface area contributed by atoms with Crippen molar-refractivity contribution in [1.29, 1.82) is 0 Å². The van der Waals surface area contributed by atoms with E-state index in [1.54, 1.807) is 0 Å². The first-order valence-electron chi connectivity index (χ1n) is 2.13. The fraction of sp³-hybridized carbons (Fsp3) is 1.00. The van der Waals surface area contributed by atoms with Crippen LogP contribution in [0.2, 0.25) is 0 Å². The summed E-state index contributed by atoms with van der Waals surface area (Å²) in [5.74, 6) is 0. The average Bonchev–Trinajstić information content (AvgIpc) is 1.76. The Kier molecular flexibility index (Phi) is 41.1. The predicted molar refractivity (Wildman–Crippen MR) is 28.1 cm³/mol. The Hall–Kier alpha value is 1.90. The van der Waals surface area contributed by atoms with Gasteiger partial charge in [0.05, 0.1) is 0 Å². The van der Waals surface area contributed by atoms with Crippen LogP contribution in [-0.4, -0.2) is 36.1 Å². The quantitative estimate of drug-likeness (QED) is 0.322. The normalized spacial score (nSPS) is 13.3. The van der Waals surface area contributed by atoms with Crippen molar-refractivity contribution in [2.24, 2.45) is 0 Å². The largest absolute Gasteiger partial charge is 2.00 e. The van der Waals surface area contributed by atoms with Gasteiger partial charge in [-0.2, -0.15) is 0 Å². The molecule has 0 spiro atoms. The van der Waals surface area contributed by atoms with E-state index in [0.29, 0.717) is 0 Å². The fourth-order valence-corrected chi connectivity index (χ4v) is 0.559. The van der Waals surface area contributed by atoms with E-state index < -0.39 is 0 Å². The Morgan fingerprint density at radius 3 is 1.33 bits per heavy atom. The second kappa shape index (κ2) is 16.5. The molecule has 1 rings (SSSR count). The first kappa shape index (κ1) is 22.4. The molecule has 0 aliphatic carbocycles. The summed E-state index contributed by atoms with van der Waals surface area (Å²) >= 11 is 0. The third kappa shape index (κ3) is 13.0. The SMILES string of the molecule is C1CC[N-]C1.[Cl-].[Cl-].[Li+].[Mg+2]. The first-order chi connectivity index (χ1) is 2.50. The van der Waals surface area contributed by atoms with Gasteiger partial charge in [0.15, 0.2) is 0 Å². The van der Waals surface area contributed by atoms with Crippen molar-refractivity contribution in [3.63, 3.8) is 0 Å². The van der Waals surface area contributed by atoms with Gasteiger partial charge in [-0.25, -0.2) is 0 Å². The third-order valence-corrected chi connectivity index (χ3v) is 0.882. The van der Waals surface area contributed by atoms with Gasteiger partial charge in [0, 0.05) is 0 Å². The molecule has 0 aromatic heterocycles. The molecule has 1 fully saturated rings. The number of nitrogens with zero attached hydrogens (tertiary/aromatic N) is 1. The van der Waals surface area contributed by atoms with Crippen LogP contribution in [0.3, 0.4) is 0 Å². The van der Waals surface area contributed by atoms with Gasteiger partial charge in [-0.3, -0.25) is 0 Å². The second-order valence-electron chi connectivity index (χ2n) is 1.38. The second-order valence-corrected chi connectivity index (χ2v) is 1.38. The van der Waals surface area contributed by atoms with Crippen LogP contribution < -0.4 is 43.7 Å². The monoisotopic (exact) mass is 171 g/mol. The third-order valence-electron chi connectivity index (χ3n) is 0.882. The van der Waals surface area contributed by atoms with Crippen LogP contribution in [0, 0.1) is 0 Å². The zero-order valence-electron chi connectivity index (χ0n) is 5.74. The maximum absolute atomic E-state index is 4.08. The Balaban J connectivity index is -0.0000000312. The summed E-state index contributed by atoms with van der Waals surface area (Å²) in [5.41, 5.74) is 0. The summed E-state index contributed by atoms with van der Waals surface area (Å²) in [4.78, 5) is 0. The van der Waals surface area contributed by atoms with Crippen molar-refractivity contribution in [1.82, 2.24) is 0 Å². The van der Waals surface area contributed by atoms with Crippen LogP contribution in [0.1, 0.15) is 12.8 Å². The van der Waals surface area contributed by atoms with Crippen LogP contribution in [0.25, 0.3) is 5.32 Å². The molecule has 1 heterocycles. The van der Waals surface area contributed by atoms with E-state index in [4.69, 9.17) is 0 Å². The minimum absolute atomic E-state index is 0. The number of hydrogen-bond donors (Lipinski definition) is 0. The van der Waals surface area contributed by atoms with Gasteiger partial charge >= 0.3 is 41.9 Å². The Morgan fingerprint density at radius 2 is 1.22 bits per heavy atom. The van der Waals surface area contributed by atoms with Gasteiger partial charge in [0.2, 0.25) is 0 Å². The molecule has 0 N–H and O–H groups in total. The van der Waals surface area contributed by atoms with Crippen molar-refractivity contribution >= 4 is 23.1 Å². The Labute approximate surface area is 97.3 Å². The number of rotatable bonds is 0. The van der Waals surface area contributed by atoms with Crippen LogP contribution in [0.15, 0.2) is 0 Å². The molecule has 5 heteroatoms. The number of halogens is 2. The molecule has 1 aliphatic rings. The van der Waals surface area contributed by atoms with Gasteiger partial charge in [-0.1, -0.05) is 12.8 Å². The standard InChI is InChI=1S/C4H8N.2ClH.Li.Mg/c1-2-4-5-3-1;;;;/h1-4H2;2*1H;;/q-1;;;+1;+2/p-2. The van der Waals surface area contributed by atoms with Crippen LogP contribution >= 0.6 is 0 Å². The molecule has 0 unspecified atom stereocenters. The van der Waals surface area contributed by atoms with E-state index in [0.717, 1.165) is 13.1 Å². The predicted octanol–water partition coefficient (Wildman–Crippen LogP) is -8.21. The molecule has 0 bridgehead atoms. The first-order valence-corrected chi connectivity index (χ1v) is 2.13. The van der Waals surface area contributed by atoms with Crippen molar-refractivity contribution in [2.45, 2.75) is 12.8 Å². The van der Waals surface area contributed by atoms with Crippen molar-refractivity contribution < 1.29 is 43.7 Å². The smallest absolute Gasteiger partial charge is 1.00 e. The van der Waals surface area contributed by atoms with Gasteiger partial charge in [0.1, 0.15) is 0 Å². The molecule has 0 aromatic carbocycles. The summed E-state index contributed by atoms with van der Waals surface area (Å²) in [6.07, 6.45) is 2.67. The molecule has 9 heavy (non-hydrogen) atoms. The van der Waals surface area contributed by atoms with Gasteiger partial charge in [0.25, 0.3) is 0 Å². The van der Waals surface area contributed by atoms with E-state index in [1.165, 1.54) is 12.8 Å². The van der Waals surface area contributed by atoms with Crippen molar-refractivity contribution in [3.05, 3.63) is 5.32 Å². The van der Waals surface area contributed by atoms with E-state index in [-0.39, 0.29) is 66.7 Å². The summed E-state index contributed by atoms with van der Waals surface area (Å²) in [6, 6.07) is 0. The van der Waals surface area contributed by atoms with E-state index in [2.05, 4.69) is 5.32 Å². The molecule has 0 atom stereocenters. The molecule has 1 nitrogen and oxygen atoms in total. The summed E-state index contributed by atoms with van der Waals surface area (Å²) in [7, 11) is 0. The molecular weight excluding hydrogens is 164 g/mol. The zero-order chi connectivity index (χ0) is 3.54. The van der Waals surface area contributed by atoms with Crippen molar-refractivity contribution in [2.75, 3.05) is 13.1 Å². The molecule has 0 saturated carbocycles. The molecule has 1 aliphatic heterocycles.